The molecule has 0 aromatic rings. The predicted octanol–water partition coefficient (Wildman–Crippen LogP) is 2.21. The van der Waals surface area contributed by atoms with Crippen LogP contribution in [0.2, 0.25) is 0 Å². The first kappa shape index (κ1) is 12.9. The summed E-state index contributed by atoms with van der Waals surface area (Å²) >= 11 is 0. The zero-order valence-corrected chi connectivity index (χ0v) is 11.2. The van der Waals surface area contributed by atoms with Gasteiger partial charge >= 0.3 is 0 Å². The van der Waals surface area contributed by atoms with Gasteiger partial charge in [0.25, 0.3) is 0 Å². The molecule has 98 valence electrons. The molecule has 17 heavy (non-hydrogen) atoms. The van der Waals surface area contributed by atoms with E-state index in [1.165, 1.54) is 32.1 Å². The minimum Gasteiger partial charge on any atom is -0.351 e. The van der Waals surface area contributed by atoms with Crippen molar-refractivity contribution in [1.82, 2.24) is 10.6 Å². The Morgan fingerprint density at radius 3 is 2.65 bits per heavy atom. The summed E-state index contributed by atoms with van der Waals surface area (Å²) in [6.45, 7) is 5.43. The Kier molecular flexibility index (Phi) is 4.08. The fourth-order valence-electron chi connectivity index (χ4n) is 2.80. The number of carbonyl (C=O) groups excluding carboxylic acids is 1. The van der Waals surface area contributed by atoms with Gasteiger partial charge in [0.1, 0.15) is 0 Å². The molecule has 0 aromatic heterocycles. The summed E-state index contributed by atoms with van der Waals surface area (Å²) in [5.74, 6) is 0.938. The molecule has 1 heterocycles. The van der Waals surface area contributed by atoms with Gasteiger partial charge in [-0.25, -0.2) is 0 Å². The number of hydrogen-bond donors (Lipinski definition) is 2. The van der Waals surface area contributed by atoms with E-state index >= 15 is 0 Å². The van der Waals surface area contributed by atoms with Gasteiger partial charge in [0.05, 0.1) is 0 Å². The summed E-state index contributed by atoms with van der Waals surface area (Å²) in [5, 5.41) is 6.68. The maximum atomic E-state index is 11.9. The Bertz CT molecular complexity index is 265. The second-order valence-corrected chi connectivity index (χ2v) is 6.23. The topological polar surface area (TPSA) is 41.1 Å². The van der Waals surface area contributed by atoms with E-state index in [-0.39, 0.29) is 11.4 Å². The molecule has 3 nitrogen and oxygen atoms in total. The predicted molar refractivity (Wildman–Crippen MR) is 69.8 cm³/mol. The van der Waals surface area contributed by atoms with E-state index in [0.717, 1.165) is 13.0 Å². The van der Waals surface area contributed by atoms with Crippen molar-refractivity contribution in [2.24, 2.45) is 5.92 Å². The van der Waals surface area contributed by atoms with Crippen LogP contribution in [0.25, 0.3) is 0 Å². The normalized spacial score (nSPS) is 25.6. The SMILES string of the molecule is CC(C)(NC(=O)CCC1CCCCN1)C1CC1. The van der Waals surface area contributed by atoms with Crippen molar-refractivity contribution in [2.75, 3.05) is 6.54 Å². The second kappa shape index (κ2) is 5.38. The van der Waals surface area contributed by atoms with Gasteiger partial charge in [-0.2, -0.15) is 0 Å². The lowest BCUT2D eigenvalue weighted by Gasteiger charge is -2.27. The molecule has 0 spiro atoms. The number of nitrogens with one attached hydrogen (secondary N) is 2. The number of amides is 1. The smallest absolute Gasteiger partial charge is 0.220 e. The van der Waals surface area contributed by atoms with E-state index < -0.39 is 0 Å². The number of rotatable bonds is 5. The molecule has 1 aliphatic heterocycles. The third-order valence-corrected chi connectivity index (χ3v) is 4.19. The zero-order valence-electron chi connectivity index (χ0n) is 11.2. The molecule has 1 aliphatic carbocycles. The summed E-state index contributed by atoms with van der Waals surface area (Å²) in [6, 6.07) is 0.568. The first-order valence-corrected chi connectivity index (χ1v) is 7.12. The van der Waals surface area contributed by atoms with Gasteiger partial charge in [-0.1, -0.05) is 6.42 Å². The van der Waals surface area contributed by atoms with E-state index in [9.17, 15) is 4.79 Å². The minimum atomic E-state index is 0.0110. The molecule has 2 rings (SSSR count). The molecule has 0 bridgehead atoms. The third kappa shape index (κ3) is 3.98. The fraction of sp³-hybridized carbons (Fsp3) is 0.929. The maximum Gasteiger partial charge on any atom is 0.220 e. The van der Waals surface area contributed by atoms with Gasteiger partial charge in [0.15, 0.2) is 0 Å². The summed E-state index contributed by atoms with van der Waals surface area (Å²) < 4.78 is 0. The Morgan fingerprint density at radius 2 is 2.06 bits per heavy atom. The minimum absolute atomic E-state index is 0.0110. The summed E-state index contributed by atoms with van der Waals surface area (Å²) in [7, 11) is 0. The molecule has 1 atom stereocenters. The molecule has 1 amide bonds. The molecule has 0 radical (unpaired) electrons. The standard InChI is InChI=1S/C14H26N2O/c1-14(2,11-6-7-11)16-13(17)9-8-12-5-3-4-10-15-12/h11-12,15H,3-10H2,1-2H3,(H,16,17). The maximum absolute atomic E-state index is 11.9. The Balaban J connectivity index is 1.66. The molecule has 3 heteroatoms. The van der Waals surface area contributed by atoms with Crippen molar-refractivity contribution in [3.05, 3.63) is 0 Å². The van der Waals surface area contributed by atoms with Crippen LogP contribution < -0.4 is 10.6 Å². The quantitative estimate of drug-likeness (QED) is 0.771. The van der Waals surface area contributed by atoms with E-state index in [1.54, 1.807) is 0 Å². The van der Waals surface area contributed by atoms with Gasteiger partial charge in [-0.05, 0) is 58.4 Å². The fourth-order valence-corrected chi connectivity index (χ4v) is 2.80. The molecule has 2 N–H and O–H groups in total. The Hall–Kier alpha value is -0.570. The average Bonchev–Trinajstić information content (AvgIpc) is 3.11. The number of carbonyl (C=O) groups is 1. The largest absolute Gasteiger partial charge is 0.351 e. The van der Waals surface area contributed by atoms with Crippen LogP contribution in [0, 0.1) is 5.92 Å². The lowest BCUT2D eigenvalue weighted by atomic mass is 9.97. The Morgan fingerprint density at radius 1 is 1.29 bits per heavy atom. The van der Waals surface area contributed by atoms with Crippen LogP contribution >= 0.6 is 0 Å². The molecular weight excluding hydrogens is 212 g/mol. The molecule has 2 aliphatic rings. The van der Waals surface area contributed by atoms with E-state index in [4.69, 9.17) is 0 Å². The highest BCUT2D eigenvalue weighted by atomic mass is 16.1. The first-order valence-electron chi connectivity index (χ1n) is 7.12. The molecule has 0 aromatic carbocycles. The van der Waals surface area contributed by atoms with Crippen molar-refractivity contribution in [3.63, 3.8) is 0 Å². The van der Waals surface area contributed by atoms with Crippen molar-refractivity contribution < 1.29 is 4.79 Å². The zero-order chi connectivity index (χ0) is 12.3. The van der Waals surface area contributed by atoms with Gasteiger partial charge in [-0.3, -0.25) is 4.79 Å². The monoisotopic (exact) mass is 238 g/mol. The lowest BCUT2D eigenvalue weighted by Crippen LogP contribution is -2.45. The highest BCUT2D eigenvalue weighted by Crippen LogP contribution is 2.39. The molecule has 1 saturated carbocycles. The van der Waals surface area contributed by atoms with Crippen LogP contribution in [0.3, 0.4) is 0 Å². The van der Waals surface area contributed by atoms with Crippen molar-refractivity contribution >= 4 is 5.91 Å². The van der Waals surface area contributed by atoms with Crippen LogP contribution in [0.5, 0.6) is 0 Å². The van der Waals surface area contributed by atoms with Crippen LogP contribution in [0.4, 0.5) is 0 Å². The second-order valence-electron chi connectivity index (χ2n) is 6.23. The Labute approximate surface area is 105 Å². The van der Waals surface area contributed by atoms with Crippen molar-refractivity contribution in [1.29, 1.82) is 0 Å². The van der Waals surface area contributed by atoms with E-state index in [0.29, 0.717) is 18.4 Å². The summed E-state index contributed by atoms with van der Waals surface area (Å²) in [5.41, 5.74) is 0.0110. The van der Waals surface area contributed by atoms with Gasteiger partial charge in [0, 0.05) is 18.0 Å². The van der Waals surface area contributed by atoms with Crippen LogP contribution in [-0.2, 0) is 4.79 Å². The molecule has 1 unspecified atom stereocenters. The van der Waals surface area contributed by atoms with Crippen molar-refractivity contribution in [2.45, 2.75) is 70.4 Å². The molecule has 2 fully saturated rings. The van der Waals surface area contributed by atoms with E-state index in [2.05, 4.69) is 24.5 Å². The first-order chi connectivity index (χ1) is 8.08. The number of hydrogen-bond acceptors (Lipinski definition) is 2. The van der Waals surface area contributed by atoms with Gasteiger partial charge < -0.3 is 10.6 Å². The average molecular weight is 238 g/mol. The van der Waals surface area contributed by atoms with Gasteiger partial charge in [-0.15, -0.1) is 0 Å². The summed E-state index contributed by atoms with van der Waals surface area (Å²) in [6.07, 6.45) is 8.05. The van der Waals surface area contributed by atoms with E-state index in [1.807, 2.05) is 0 Å². The highest BCUT2D eigenvalue weighted by Gasteiger charge is 2.38. The molecule has 1 saturated heterocycles. The number of piperidine rings is 1. The van der Waals surface area contributed by atoms with Gasteiger partial charge in [0.2, 0.25) is 5.91 Å². The van der Waals surface area contributed by atoms with Crippen molar-refractivity contribution in [3.8, 4) is 0 Å². The molecular formula is C14H26N2O. The third-order valence-electron chi connectivity index (χ3n) is 4.19. The summed E-state index contributed by atoms with van der Waals surface area (Å²) in [4.78, 5) is 11.9. The highest BCUT2D eigenvalue weighted by molar-refractivity contribution is 5.76. The lowest BCUT2D eigenvalue weighted by molar-refractivity contribution is -0.123. The van der Waals surface area contributed by atoms with Crippen LogP contribution in [0.15, 0.2) is 0 Å². The van der Waals surface area contributed by atoms with Crippen LogP contribution in [-0.4, -0.2) is 24.0 Å². The van der Waals surface area contributed by atoms with Crippen LogP contribution in [0.1, 0.15) is 58.8 Å².